The van der Waals surface area contributed by atoms with E-state index in [1.807, 2.05) is 30.6 Å². The van der Waals surface area contributed by atoms with Gasteiger partial charge < -0.3 is 10.6 Å². The van der Waals surface area contributed by atoms with Crippen molar-refractivity contribution in [1.82, 2.24) is 24.9 Å². The van der Waals surface area contributed by atoms with Gasteiger partial charge in [-0.3, -0.25) is 4.98 Å². The molecule has 0 amide bonds. The fourth-order valence-electron chi connectivity index (χ4n) is 4.90. The molecule has 1 saturated heterocycles. The van der Waals surface area contributed by atoms with Crippen LogP contribution in [-0.2, 0) is 12.8 Å². The van der Waals surface area contributed by atoms with Crippen LogP contribution in [0.25, 0.3) is 11.2 Å². The molecule has 1 aliphatic carbocycles. The van der Waals surface area contributed by atoms with Gasteiger partial charge in [-0.2, -0.15) is 0 Å². The fraction of sp³-hybridized carbons (Fsp3) is 0.292. The zero-order chi connectivity index (χ0) is 22.4. The first-order valence-corrected chi connectivity index (χ1v) is 12.2. The zero-order valence-electron chi connectivity index (χ0n) is 17.9. The number of nitrogens with zero attached hydrogens (tertiary/aromatic N) is 6. The third-order valence-corrected chi connectivity index (χ3v) is 8.21. The van der Waals surface area contributed by atoms with Gasteiger partial charge in [0.25, 0.3) is 0 Å². The Morgan fingerprint density at radius 3 is 2.70 bits per heavy atom. The van der Waals surface area contributed by atoms with E-state index in [0.717, 1.165) is 60.0 Å². The van der Waals surface area contributed by atoms with Crippen LogP contribution in [0.3, 0.4) is 0 Å². The van der Waals surface area contributed by atoms with Gasteiger partial charge in [-0.1, -0.05) is 29.4 Å². The van der Waals surface area contributed by atoms with Gasteiger partial charge >= 0.3 is 0 Å². The molecule has 0 saturated carbocycles. The molecule has 1 aliphatic heterocycles. The molecule has 33 heavy (non-hydrogen) atoms. The molecule has 0 radical (unpaired) electrons. The predicted octanol–water partition coefficient (Wildman–Crippen LogP) is 4.59. The molecule has 2 N–H and O–H groups in total. The summed E-state index contributed by atoms with van der Waals surface area (Å²) >= 11 is 7.70. The summed E-state index contributed by atoms with van der Waals surface area (Å²) in [6.07, 6.45) is 9.92. The molecule has 2 aliphatic rings. The van der Waals surface area contributed by atoms with Crippen LogP contribution in [0.5, 0.6) is 0 Å². The van der Waals surface area contributed by atoms with Crippen LogP contribution < -0.4 is 10.6 Å². The van der Waals surface area contributed by atoms with E-state index in [0.29, 0.717) is 21.9 Å². The molecule has 7 nitrogen and oxygen atoms in total. The average molecular weight is 476 g/mol. The maximum atomic E-state index is 6.27. The molecule has 4 aromatic heterocycles. The van der Waals surface area contributed by atoms with Crippen molar-refractivity contribution >= 4 is 46.2 Å². The van der Waals surface area contributed by atoms with Crippen LogP contribution in [0.4, 0.5) is 11.6 Å². The van der Waals surface area contributed by atoms with E-state index in [-0.39, 0.29) is 0 Å². The summed E-state index contributed by atoms with van der Waals surface area (Å²) in [6, 6.07) is 10.0. The first kappa shape index (κ1) is 20.6. The van der Waals surface area contributed by atoms with E-state index in [4.69, 9.17) is 22.3 Å². The summed E-state index contributed by atoms with van der Waals surface area (Å²) in [4.78, 5) is 25.9. The Morgan fingerprint density at radius 2 is 1.85 bits per heavy atom. The van der Waals surface area contributed by atoms with Crippen molar-refractivity contribution in [3.05, 3.63) is 65.2 Å². The molecular formula is C24H22ClN7S. The molecule has 0 aromatic carbocycles. The molecule has 9 heteroatoms. The Morgan fingerprint density at radius 1 is 0.970 bits per heavy atom. The number of pyridine rings is 3. The minimum Gasteiger partial charge on any atom is -0.382 e. The Kier molecular flexibility index (Phi) is 5.07. The SMILES string of the molecule is Nc1nccc(Sc2ccc3nc(N4CCC5(CC4)Cc4cccnc4C5)cnc3n2)c1Cl. The smallest absolute Gasteiger partial charge is 0.179 e. The van der Waals surface area contributed by atoms with E-state index in [9.17, 15) is 0 Å². The highest BCUT2D eigenvalue weighted by molar-refractivity contribution is 7.99. The Hall–Kier alpha value is -2.97. The third kappa shape index (κ3) is 3.87. The van der Waals surface area contributed by atoms with E-state index in [1.165, 1.54) is 23.0 Å². The number of anilines is 2. The van der Waals surface area contributed by atoms with Crippen LogP contribution in [0.15, 0.2) is 58.8 Å². The molecule has 5 heterocycles. The standard InChI is InChI=1S/C24H22ClN7S/c25-21-18(5-9-28-22(21)26)33-20-4-3-16-23(31-20)29-14-19(30-16)32-10-6-24(7-11-32)12-15-2-1-8-27-17(15)13-24/h1-5,8-9,14H,6-7,10-13H2,(H2,26,28). The van der Waals surface area contributed by atoms with Gasteiger partial charge in [0.05, 0.1) is 11.2 Å². The maximum Gasteiger partial charge on any atom is 0.179 e. The van der Waals surface area contributed by atoms with E-state index in [2.05, 4.69) is 37.0 Å². The van der Waals surface area contributed by atoms with Gasteiger partial charge in [0.1, 0.15) is 22.2 Å². The molecular weight excluding hydrogens is 454 g/mol. The van der Waals surface area contributed by atoms with E-state index in [1.54, 1.807) is 6.20 Å². The highest BCUT2D eigenvalue weighted by Crippen LogP contribution is 2.44. The van der Waals surface area contributed by atoms with E-state index < -0.39 is 0 Å². The average Bonchev–Trinajstić information content (AvgIpc) is 3.20. The lowest BCUT2D eigenvalue weighted by atomic mass is 9.76. The van der Waals surface area contributed by atoms with Crippen LogP contribution in [0, 0.1) is 5.41 Å². The van der Waals surface area contributed by atoms with Crippen molar-refractivity contribution in [2.75, 3.05) is 23.7 Å². The third-order valence-electron chi connectivity index (χ3n) is 6.70. The second kappa shape index (κ2) is 8.11. The van der Waals surface area contributed by atoms with Crippen LogP contribution >= 0.6 is 23.4 Å². The van der Waals surface area contributed by atoms with Crippen molar-refractivity contribution in [2.24, 2.45) is 5.41 Å². The number of aromatic nitrogens is 5. The van der Waals surface area contributed by atoms with Gasteiger partial charge in [-0.25, -0.2) is 19.9 Å². The Bertz CT molecular complexity index is 1330. The predicted molar refractivity (Wildman–Crippen MR) is 131 cm³/mol. The summed E-state index contributed by atoms with van der Waals surface area (Å²) in [5, 5.41) is 1.22. The van der Waals surface area contributed by atoms with Crippen molar-refractivity contribution in [1.29, 1.82) is 0 Å². The zero-order valence-corrected chi connectivity index (χ0v) is 19.5. The highest BCUT2D eigenvalue weighted by Gasteiger charge is 2.40. The highest BCUT2D eigenvalue weighted by atomic mass is 35.5. The lowest BCUT2D eigenvalue weighted by Gasteiger charge is -2.39. The van der Waals surface area contributed by atoms with E-state index >= 15 is 0 Å². The monoisotopic (exact) mass is 475 g/mol. The number of fused-ring (bicyclic) bond motifs is 2. The maximum absolute atomic E-state index is 6.27. The minimum atomic E-state index is 0.313. The second-order valence-corrected chi connectivity index (χ2v) is 10.2. The molecule has 6 rings (SSSR count). The summed E-state index contributed by atoms with van der Waals surface area (Å²) < 4.78 is 0. The molecule has 4 aromatic rings. The minimum absolute atomic E-state index is 0.313. The molecule has 1 fully saturated rings. The lowest BCUT2D eigenvalue weighted by molar-refractivity contribution is 0.231. The largest absolute Gasteiger partial charge is 0.382 e. The molecule has 0 atom stereocenters. The quantitative estimate of drug-likeness (QED) is 0.460. The van der Waals surface area contributed by atoms with Crippen molar-refractivity contribution in [3.63, 3.8) is 0 Å². The number of nitrogens with two attached hydrogens (primary N) is 1. The van der Waals surface area contributed by atoms with Gasteiger partial charge in [0, 0.05) is 36.1 Å². The fourth-order valence-corrected chi connectivity index (χ4v) is 5.94. The summed E-state index contributed by atoms with van der Waals surface area (Å²) in [5.74, 6) is 1.23. The second-order valence-electron chi connectivity index (χ2n) is 8.78. The Balaban J connectivity index is 1.17. The number of piperidine rings is 1. The summed E-state index contributed by atoms with van der Waals surface area (Å²) in [6.45, 7) is 1.97. The first-order chi connectivity index (χ1) is 16.1. The number of rotatable bonds is 3. The molecule has 1 spiro atoms. The molecule has 166 valence electrons. The van der Waals surface area contributed by atoms with Crippen molar-refractivity contribution < 1.29 is 0 Å². The van der Waals surface area contributed by atoms with Gasteiger partial charge in [0.15, 0.2) is 5.65 Å². The van der Waals surface area contributed by atoms with Crippen LogP contribution in [0.1, 0.15) is 24.1 Å². The van der Waals surface area contributed by atoms with Gasteiger partial charge in [0.2, 0.25) is 0 Å². The van der Waals surface area contributed by atoms with Crippen LogP contribution in [-0.4, -0.2) is 38.0 Å². The topological polar surface area (TPSA) is 93.7 Å². The molecule has 0 unspecified atom stereocenters. The number of nitrogen functional groups attached to an aromatic ring is 1. The van der Waals surface area contributed by atoms with Crippen molar-refractivity contribution in [3.8, 4) is 0 Å². The van der Waals surface area contributed by atoms with Gasteiger partial charge in [-0.05, 0) is 60.9 Å². The first-order valence-electron chi connectivity index (χ1n) is 11.0. The normalized spacial score (nSPS) is 16.9. The summed E-state index contributed by atoms with van der Waals surface area (Å²) in [5.41, 5.74) is 10.3. The van der Waals surface area contributed by atoms with Crippen LogP contribution in [0.2, 0.25) is 5.02 Å². The Labute approximate surface area is 200 Å². The summed E-state index contributed by atoms with van der Waals surface area (Å²) in [7, 11) is 0. The number of halogens is 1. The molecule has 0 bridgehead atoms. The lowest BCUT2D eigenvalue weighted by Crippen LogP contribution is -2.41. The van der Waals surface area contributed by atoms with Crippen molar-refractivity contribution in [2.45, 2.75) is 35.6 Å². The van der Waals surface area contributed by atoms with Gasteiger partial charge in [-0.15, -0.1) is 0 Å². The number of hydrogen-bond acceptors (Lipinski definition) is 8. The number of hydrogen-bond donors (Lipinski definition) is 1.